The molecular formula is C18H30N2O. The largest absolute Gasteiger partial charge is 0.378 e. The molecule has 2 rings (SSSR count). The molecule has 0 saturated carbocycles. The third kappa shape index (κ3) is 5.10. The average Bonchev–Trinajstić information content (AvgIpc) is 2.50. The molecule has 0 bridgehead atoms. The Morgan fingerprint density at radius 1 is 1.19 bits per heavy atom. The van der Waals surface area contributed by atoms with Crippen LogP contribution in [-0.2, 0) is 4.74 Å². The van der Waals surface area contributed by atoms with Crippen LogP contribution in [0.2, 0.25) is 0 Å². The minimum atomic E-state index is 0.430. The lowest BCUT2D eigenvalue weighted by Crippen LogP contribution is -2.42. The van der Waals surface area contributed by atoms with Crippen molar-refractivity contribution in [3.05, 3.63) is 35.4 Å². The second kappa shape index (κ2) is 8.52. The van der Waals surface area contributed by atoms with Gasteiger partial charge in [-0.2, -0.15) is 0 Å². The smallest absolute Gasteiger partial charge is 0.0599 e. The molecule has 0 amide bonds. The molecule has 0 aliphatic carbocycles. The molecule has 1 heterocycles. The first-order chi connectivity index (χ1) is 10.2. The van der Waals surface area contributed by atoms with Crippen LogP contribution in [0.4, 0.5) is 0 Å². The third-order valence-electron chi connectivity index (χ3n) is 4.31. The lowest BCUT2D eigenvalue weighted by atomic mass is 10.0. The normalized spacial score (nSPS) is 18.8. The summed E-state index contributed by atoms with van der Waals surface area (Å²) in [6.07, 6.45) is 2.81. The van der Waals surface area contributed by atoms with E-state index in [0.717, 1.165) is 32.8 Å². The highest BCUT2D eigenvalue weighted by molar-refractivity contribution is 5.24. The van der Waals surface area contributed by atoms with Gasteiger partial charge in [-0.05, 0) is 38.8 Å². The van der Waals surface area contributed by atoms with Crippen LogP contribution in [0.3, 0.4) is 0 Å². The monoisotopic (exact) mass is 290 g/mol. The van der Waals surface area contributed by atoms with Gasteiger partial charge in [-0.1, -0.05) is 36.8 Å². The first-order valence-corrected chi connectivity index (χ1v) is 8.36. The Bertz CT molecular complexity index is 396. The van der Waals surface area contributed by atoms with Crippen molar-refractivity contribution < 1.29 is 4.74 Å². The summed E-state index contributed by atoms with van der Waals surface area (Å²) in [6, 6.07) is 9.37. The lowest BCUT2D eigenvalue weighted by Gasteiger charge is -2.34. The van der Waals surface area contributed by atoms with Crippen LogP contribution < -0.4 is 5.32 Å². The van der Waals surface area contributed by atoms with Crippen LogP contribution in [0.5, 0.6) is 0 Å². The summed E-state index contributed by atoms with van der Waals surface area (Å²) in [7, 11) is 0. The zero-order valence-corrected chi connectivity index (χ0v) is 13.8. The van der Waals surface area contributed by atoms with E-state index in [2.05, 4.69) is 55.3 Å². The van der Waals surface area contributed by atoms with Gasteiger partial charge in [0.25, 0.3) is 0 Å². The molecular weight excluding hydrogens is 260 g/mol. The maximum absolute atomic E-state index is 5.74. The van der Waals surface area contributed by atoms with Gasteiger partial charge < -0.3 is 15.0 Å². The summed E-state index contributed by atoms with van der Waals surface area (Å²) in [4.78, 5) is 2.57. The predicted molar refractivity (Wildman–Crippen MR) is 88.7 cm³/mol. The van der Waals surface area contributed by atoms with E-state index in [-0.39, 0.29) is 0 Å². The van der Waals surface area contributed by atoms with E-state index in [1.807, 2.05) is 0 Å². The van der Waals surface area contributed by atoms with Crippen molar-refractivity contribution in [2.24, 2.45) is 0 Å². The Labute approximate surface area is 129 Å². The summed E-state index contributed by atoms with van der Waals surface area (Å²) in [6.45, 7) is 11.7. The standard InChI is InChI=1S/C18H30N2O/c1-4-19-18(16-8-6-15(3)7-9-16)14-20-12-10-17(11-13-20)21-5-2/h6-9,17-19H,4-5,10-14H2,1-3H3. The van der Waals surface area contributed by atoms with Gasteiger partial charge in [-0.3, -0.25) is 0 Å². The quantitative estimate of drug-likeness (QED) is 0.835. The number of hydrogen-bond donors (Lipinski definition) is 1. The van der Waals surface area contributed by atoms with Crippen molar-refractivity contribution in [3.8, 4) is 0 Å². The fourth-order valence-corrected chi connectivity index (χ4v) is 3.09. The molecule has 1 unspecified atom stereocenters. The fraction of sp³-hybridized carbons (Fsp3) is 0.667. The summed E-state index contributed by atoms with van der Waals surface area (Å²) in [5.74, 6) is 0. The van der Waals surface area contributed by atoms with Gasteiger partial charge in [0, 0.05) is 32.3 Å². The number of hydrogen-bond acceptors (Lipinski definition) is 3. The zero-order chi connectivity index (χ0) is 15.1. The van der Waals surface area contributed by atoms with Crippen molar-refractivity contribution in [2.45, 2.75) is 45.8 Å². The van der Waals surface area contributed by atoms with Crippen molar-refractivity contribution in [2.75, 3.05) is 32.8 Å². The summed E-state index contributed by atoms with van der Waals surface area (Å²) in [5.41, 5.74) is 2.72. The summed E-state index contributed by atoms with van der Waals surface area (Å²) < 4.78 is 5.74. The van der Waals surface area contributed by atoms with Gasteiger partial charge in [0.15, 0.2) is 0 Å². The van der Waals surface area contributed by atoms with Crippen molar-refractivity contribution in [3.63, 3.8) is 0 Å². The van der Waals surface area contributed by atoms with E-state index in [1.165, 1.54) is 24.0 Å². The number of likely N-dealkylation sites (tertiary alicyclic amines) is 1. The predicted octanol–water partition coefficient (Wildman–Crippen LogP) is 3.15. The highest BCUT2D eigenvalue weighted by atomic mass is 16.5. The van der Waals surface area contributed by atoms with Crippen LogP contribution in [0, 0.1) is 6.92 Å². The molecule has 1 fully saturated rings. The van der Waals surface area contributed by atoms with E-state index in [4.69, 9.17) is 4.74 Å². The second-order valence-electron chi connectivity index (χ2n) is 5.98. The highest BCUT2D eigenvalue weighted by Crippen LogP contribution is 2.19. The number of aryl methyl sites for hydroxylation is 1. The van der Waals surface area contributed by atoms with E-state index in [1.54, 1.807) is 0 Å². The second-order valence-corrected chi connectivity index (χ2v) is 5.98. The molecule has 0 spiro atoms. The molecule has 3 nitrogen and oxygen atoms in total. The van der Waals surface area contributed by atoms with Gasteiger partial charge >= 0.3 is 0 Å². The van der Waals surface area contributed by atoms with E-state index < -0.39 is 0 Å². The molecule has 1 aromatic rings. The highest BCUT2D eigenvalue weighted by Gasteiger charge is 2.22. The Morgan fingerprint density at radius 2 is 1.86 bits per heavy atom. The molecule has 118 valence electrons. The molecule has 1 N–H and O–H groups in total. The molecule has 3 heteroatoms. The zero-order valence-electron chi connectivity index (χ0n) is 13.8. The van der Waals surface area contributed by atoms with Crippen LogP contribution in [0.25, 0.3) is 0 Å². The topological polar surface area (TPSA) is 24.5 Å². The molecule has 1 atom stereocenters. The van der Waals surface area contributed by atoms with Gasteiger partial charge in [-0.25, -0.2) is 0 Å². The molecule has 1 aromatic carbocycles. The number of benzene rings is 1. The molecule has 0 aromatic heterocycles. The van der Waals surface area contributed by atoms with Crippen LogP contribution in [0.1, 0.15) is 43.9 Å². The van der Waals surface area contributed by atoms with Gasteiger partial charge in [0.05, 0.1) is 6.10 Å². The van der Waals surface area contributed by atoms with Crippen molar-refractivity contribution in [1.29, 1.82) is 0 Å². The van der Waals surface area contributed by atoms with Gasteiger partial charge in [-0.15, -0.1) is 0 Å². The lowest BCUT2D eigenvalue weighted by molar-refractivity contribution is 0.0124. The Hall–Kier alpha value is -0.900. The molecule has 1 aliphatic rings. The fourth-order valence-electron chi connectivity index (χ4n) is 3.09. The minimum Gasteiger partial charge on any atom is -0.378 e. The van der Waals surface area contributed by atoms with Crippen molar-refractivity contribution in [1.82, 2.24) is 10.2 Å². The first kappa shape index (κ1) is 16.5. The van der Waals surface area contributed by atoms with Crippen molar-refractivity contribution >= 4 is 0 Å². The van der Waals surface area contributed by atoms with E-state index in [0.29, 0.717) is 12.1 Å². The average molecular weight is 290 g/mol. The van der Waals surface area contributed by atoms with Gasteiger partial charge in [0.2, 0.25) is 0 Å². The Balaban J connectivity index is 1.90. The number of piperidine rings is 1. The number of nitrogens with one attached hydrogen (secondary N) is 1. The van der Waals surface area contributed by atoms with Crippen LogP contribution in [-0.4, -0.2) is 43.8 Å². The molecule has 1 saturated heterocycles. The number of ether oxygens (including phenoxy) is 1. The molecule has 21 heavy (non-hydrogen) atoms. The SMILES string of the molecule is CCNC(CN1CCC(OCC)CC1)c1ccc(C)cc1. The Morgan fingerprint density at radius 3 is 2.43 bits per heavy atom. The summed E-state index contributed by atoms with van der Waals surface area (Å²) in [5, 5.41) is 3.63. The first-order valence-electron chi connectivity index (χ1n) is 8.36. The molecule has 1 aliphatic heterocycles. The van der Waals surface area contributed by atoms with Crippen LogP contribution in [0.15, 0.2) is 24.3 Å². The summed E-state index contributed by atoms with van der Waals surface area (Å²) >= 11 is 0. The van der Waals surface area contributed by atoms with Crippen LogP contribution >= 0.6 is 0 Å². The molecule has 0 radical (unpaired) electrons. The number of rotatable bonds is 7. The number of likely N-dealkylation sites (N-methyl/N-ethyl adjacent to an activating group) is 1. The Kier molecular flexibility index (Phi) is 6.68. The van der Waals surface area contributed by atoms with Gasteiger partial charge in [0.1, 0.15) is 0 Å². The minimum absolute atomic E-state index is 0.430. The third-order valence-corrected chi connectivity index (χ3v) is 4.31. The maximum atomic E-state index is 5.74. The number of nitrogens with zero attached hydrogens (tertiary/aromatic N) is 1. The van der Waals surface area contributed by atoms with E-state index in [9.17, 15) is 0 Å². The van der Waals surface area contributed by atoms with E-state index >= 15 is 0 Å². The maximum Gasteiger partial charge on any atom is 0.0599 e.